The van der Waals surface area contributed by atoms with E-state index in [1.807, 2.05) is 55.4 Å². The minimum atomic E-state index is -1.52. The molecule has 0 saturated carbocycles. The summed E-state index contributed by atoms with van der Waals surface area (Å²) in [4.78, 5) is 52.6. The van der Waals surface area contributed by atoms with Crippen molar-refractivity contribution in [1.82, 2.24) is 10.6 Å². The Morgan fingerprint density at radius 3 is 2.16 bits per heavy atom. The number of Topliss-reactive ketones (excluding diaryl/α,β-unsaturated/α-hetero) is 1. The van der Waals surface area contributed by atoms with E-state index < -0.39 is 107 Å². The highest BCUT2D eigenvalue weighted by Gasteiger charge is 2.63. The molecule has 4 saturated heterocycles. The Bertz CT molecular complexity index is 1600. The fourth-order valence-corrected chi connectivity index (χ4v) is 11.1. The molecule has 348 valence electrons. The van der Waals surface area contributed by atoms with E-state index in [9.17, 15) is 39.6 Å². The van der Waals surface area contributed by atoms with E-state index in [2.05, 4.69) is 17.6 Å². The predicted octanol–water partition coefficient (Wildman–Crippen LogP) is 4.42. The standard InChI is InChI=1S/C46H76N2O13/c1-11-31(42(54)55)33-15-14-25(4)38(58-33)29(8)36(50)28(7)37(51)32(12-2)39-26(5)24-27(6)45(59-39)19-16-34(48-41(53)40(52)47-22-23-49)46(61-45)21-20-43(10,60-46)35-17-18-44(56,13-3)30(9)57-35/h16,19,25-36,38-39,49-50,56H,11-15,17-18,20-24H2,1-10H3,(H,47,52)(H,48,53)(H,54,55)/t25-,26-,27+,28-,29-,30-,31+,32?,33+,34+,35+,36+,38+,39-,43-,44+,45-,46-/m0/s1. The maximum Gasteiger partial charge on any atom is 0.309 e. The zero-order valence-electron chi connectivity index (χ0n) is 38.2. The normalized spacial score (nSPS) is 41.4. The van der Waals surface area contributed by atoms with Crippen molar-refractivity contribution in [2.75, 3.05) is 13.2 Å². The molecule has 15 heteroatoms. The lowest BCUT2D eigenvalue weighted by molar-refractivity contribution is -0.398. The molecule has 15 nitrogen and oxygen atoms in total. The SMILES string of the molecule is CCC(C(=O)[C@@H](C)[C@@H](O)[C@H](C)[C@@H]1O[C@@H]([C@@H](CC)C(=O)O)CC[C@@H]1C)[C@H]1O[C@]2(C=C[C@@H](NC(=O)C(=O)NCCO)[C@]3(CC[C@@](C)([C@H]4CC[C@](O)(CC)[C@H](C)O4)O3)O2)[C@H](C)C[C@@H]1C. The molecule has 0 aromatic carbocycles. The van der Waals surface area contributed by atoms with Crippen molar-refractivity contribution in [1.29, 1.82) is 0 Å². The van der Waals surface area contributed by atoms with Crippen LogP contribution in [-0.4, -0.2) is 123 Å². The Balaban J connectivity index is 1.40. The van der Waals surface area contributed by atoms with Crippen LogP contribution in [0.25, 0.3) is 0 Å². The van der Waals surface area contributed by atoms with Gasteiger partial charge in [0.25, 0.3) is 0 Å². The Hall–Kier alpha value is -2.50. The molecule has 5 rings (SSSR count). The van der Waals surface area contributed by atoms with E-state index in [4.69, 9.17) is 23.7 Å². The largest absolute Gasteiger partial charge is 0.481 e. The van der Waals surface area contributed by atoms with E-state index in [0.717, 1.165) is 6.42 Å². The monoisotopic (exact) mass is 865 g/mol. The van der Waals surface area contributed by atoms with Crippen molar-refractivity contribution < 1.29 is 63.3 Å². The van der Waals surface area contributed by atoms with Crippen molar-refractivity contribution in [3.63, 3.8) is 0 Å². The highest BCUT2D eigenvalue weighted by molar-refractivity contribution is 6.35. The summed E-state index contributed by atoms with van der Waals surface area (Å²) in [5.74, 6) is -8.51. The zero-order valence-corrected chi connectivity index (χ0v) is 38.2. The van der Waals surface area contributed by atoms with Crippen molar-refractivity contribution >= 4 is 23.6 Å². The summed E-state index contributed by atoms with van der Waals surface area (Å²) < 4.78 is 34.1. The minimum Gasteiger partial charge on any atom is -0.481 e. The third kappa shape index (κ3) is 9.94. The van der Waals surface area contributed by atoms with Gasteiger partial charge in [0.05, 0.1) is 60.4 Å². The highest BCUT2D eigenvalue weighted by atomic mass is 16.8. The van der Waals surface area contributed by atoms with Crippen molar-refractivity contribution in [3.8, 4) is 0 Å². The number of ether oxygens (including phenoxy) is 5. The molecule has 0 aliphatic carbocycles. The zero-order chi connectivity index (χ0) is 45.2. The van der Waals surface area contributed by atoms with Gasteiger partial charge >= 0.3 is 17.8 Å². The van der Waals surface area contributed by atoms with Crippen LogP contribution >= 0.6 is 0 Å². The van der Waals surface area contributed by atoms with Crippen LogP contribution < -0.4 is 10.6 Å². The fourth-order valence-electron chi connectivity index (χ4n) is 11.1. The van der Waals surface area contributed by atoms with Gasteiger partial charge in [0.2, 0.25) is 0 Å². The number of carboxylic acid groups (broad SMARTS) is 1. The number of rotatable bonds is 15. The van der Waals surface area contributed by atoms with Crippen LogP contribution in [0, 0.1) is 41.4 Å². The fraction of sp³-hybridized carbons (Fsp3) is 0.870. The van der Waals surface area contributed by atoms with Gasteiger partial charge < -0.3 is 54.7 Å². The number of ketones is 1. The second kappa shape index (κ2) is 19.7. The predicted molar refractivity (Wildman–Crippen MR) is 225 cm³/mol. The van der Waals surface area contributed by atoms with E-state index in [1.54, 1.807) is 19.1 Å². The van der Waals surface area contributed by atoms with Gasteiger partial charge in [0, 0.05) is 36.6 Å². The Morgan fingerprint density at radius 2 is 1.56 bits per heavy atom. The molecule has 0 radical (unpaired) electrons. The molecule has 0 bridgehead atoms. The molecule has 4 fully saturated rings. The smallest absolute Gasteiger partial charge is 0.309 e. The number of nitrogens with one attached hydrogen (secondary N) is 2. The van der Waals surface area contributed by atoms with Gasteiger partial charge in [0.15, 0.2) is 11.6 Å². The number of carbonyl (C=O) groups is 4. The molecular formula is C46H76N2O13. The van der Waals surface area contributed by atoms with Gasteiger partial charge in [-0.25, -0.2) is 0 Å². The van der Waals surface area contributed by atoms with Gasteiger partial charge in [0.1, 0.15) is 11.8 Å². The first-order chi connectivity index (χ1) is 28.6. The molecule has 61 heavy (non-hydrogen) atoms. The first-order valence-corrected chi connectivity index (χ1v) is 23.1. The van der Waals surface area contributed by atoms with Gasteiger partial charge in [-0.3, -0.25) is 19.2 Å². The quantitative estimate of drug-likeness (QED) is 0.0994. The molecule has 2 amide bonds. The summed E-state index contributed by atoms with van der Waals surface area (Å²) >= 11 is 0. The molecule has 18 atom stereocenters. The van der Waals surface area contributed by atoms with E-state index in [-0.39, 0.29) is 36.7 Å². The summed E-state index contributed by atoms with van der Waals surface area (Å²) in [6.07, 6.45) is 5.34. The molecule has 0 aromatic heterocycles. The molecule has 5 aliphatic rings. The van der Waals surface area contributed by atoms with Gasteiger partial charge in [-0.1, -0.05) is 61.5 Å². The molecule has 0 aromatic rings. The average Bonchev–Trinajstić information content (AvgIpc) is 3.57. The number of carboxylic acids is 1. The Kier molecular flexibility index (Phi) is 16.0. The summed E-state index contributed by atoms with van der Waals surface area (Å²) in [6, 6.07) is -0.929. The number of aliphatic carboxylic acids is 1. The Labute approximate surface area is 362 Å². The molecule has 2 spiro atoms. The molecule has 6 N–H and O–H groups in total. The van der Waals surface area contributed by atoms with Gasteiger partial charge in [-0.2, -0.15) is 0 Å². The first-order valence-electron chi connectivity index (χ1n) is 23.1. The lowest BCUT2D eigenvalue weighted by Gasteiger charge is -2.55. The van der Waals surface area contributed by atoms with Crippen LogP contribution in [0.5, 0.6) is 0 Å². The van der Waals surface area contributed by atoms with Crippen LogP contribution in [0.2, 0.25) is 0 Å². The second-order valence-corrected chi connectivity index (χ2v) is 19.4. The summed E-state index contributed by atoms with van der Waals surface area (Å²) in [6.45, 7) is 18.8. The number of carbonyl (C=O) groups excluding carboxylic acids is 3. The van der Waals surface area contributed by atoms with Crippen LogP contribution in [0.4, 0.5) is 0 Å². The number of hydrogen-bond acceptors (Lipinski definition) is 12. The summed E-state index contributed by atoms with van der Waals surface area (Å²) in [5, 5.41) is 47.3. The van der Waals surface area contributed by atoms with E-state index in [0.29, 0.717) is 57.8 Å². The number of amides is 2. The van der Waals surface area contributed by atoms with E-state index in [1.165, 1.54) is 0 Å². The molecule has 5 heterocycles. The molecule has 5 aliphatic heterocycles. The van der Waals surface area contributed by atoms with Crippen LogP contribution in [-0.2, 0) is 42.9 Å². The molecular weight excluding hydrogens is 789 g/mol. The molecule has 1 unspecified atom stereocenters. The van der Waals surface area contributed by atoms with E-state index >= 15 is 0 Å². The lowest BCUT2D eigenvalue weighted by Crippen LogP contribution is -2.66. The third-order valence-electron chi connectivity index (χ3n) is 15.4. The van der Waals surface area contributed by atoms with Crippen molar-refractivity contribution in [2.45, 2.75) is 199 Å². The summed E-state index contributed by atoms with van der Waals surface area (Å²) in [5.41, 5.74) is -1.87. The topological polar surface area (TPSA) is 219 Å². The second-order valence-electron chi connectivity index (χ2n) is 19.4. The van der Waals surface area contributed by atoms with Gasteiger partial charge in [-0.15, -0.1) is 0 Å². The van der Waals surface area contributed by atoms with Gasteiger partial charge in [-0.05, 0) is 89.5 Å². The summed E-state index contributed by atoms with van der Waals surface area (Å²) in [7, 11) is 0. The minimum absolute atomic E-state index is 0.0675. The Morgan fingerprint density at radius 1 is 0.869 bits per heavy atom. The number of hydrogen-bond donors (Lipinski definition) is 6. The number of aliphatic hydroxyl groups is 3. The third-order valence-corrected chi connectivity index (χ3v) is 15.4. The maximum atomic E-state index is 14.6. The lowest BCUT2D eigenvalue weighted by atomic mass is 9.72. The maximum absolute atomic E-state index is 14.6. The first kappa shape index (κ1) is 49.5. The highest BCUT2D eigenvalue weighted by Crippen LogP contribution is 2.54. The number of aliphatic hydroxyl groups excluding tert-OH is 2. The van der Waals surface area contributed by atoms with Crippen LogP contribution in [0.1, 0.15) is 133 Å². The van der Waals surface area contributed by atoms with Crippen molar-refractivity contribution in [3.05, 3.63) is 12.2 Å². The van der Waals surface area contributed by atoms with Crippen LogP contribution in [0.15, 0.2) is 12.2 Å². The van der Waals surface area contributed by atoms with Crippen LogP contribution in [0.3, 0.4) is 0 Å². The van der Waals surface area contributed by atoms with Crippen molar-refractivity contribution in [2.24, 2.45) is 41.4 Å². The average molecular weight is 865 g/mol.